The topological polar surface area (TPSA) is 59.2 Å². The second-order valence-corrected chi connectivity index (χ2v) is 8.04. The zero-order valence-corrected chi connectivity index (χ0v) is 16.8. The first kappa shape index (κ1) is 17.9. The number of fused-ring (bicyclic) bond motifs is 2. The molecule has 5 rings (SSSR count). The minimum absolute atomic E-state index is 0.171. The molecule has 0 saturated carbocycles. The number of aryl methyl sites for hydroxylation is 1. The molecular formula is C23H19N3O2S. The molecule has 5 nitrogen and oxygen atoms in total. The Morgan fingerprint density at radius 3 is 2.86 bits per heavy atom. The highest BCUT2D eigenvalue weighted by molar-refractivity contribution is 7.98. The number of pyridine rings is 1. The summed E-state index contributed by atoms with van der Waals surface area (Å²) < 4.78 is 5.78. The number of rotatable bonds is 4. The lowest BCUT2D eigenvalue weighted by atomic mass is 9.96. The molecule has 3 heterocycles. The van der Waals surface area contributed by atoms with Gasteiger partial charge in [-0.15, -0.1) is 0 Å². The van der Waals surface area contributed by atoms with Crippen molar-refractivity contribution in [3.63, 3.8) is 0 Å². The number of carbonyl (C=O) groups is 1. The average molecular weight is 401 g/mol. The molecule has 0 radical (unpaired) electrons. The second kappa shape index (κ2) is 7.37. The van der Waals surface area contributed by atoms with E-state index >= 15 is 0 Å². The van der Waals surface area contributed by atoms with Gasteiger partial charge in [0.1, 0.15) is 5.52 Å². The van der Waals surface area contributed by atoms with Gasteiger partial charge in [0.25, 0.3) is 5.22 Å². The third-order valence-electron chi connectivity index (χ3n) is 5.19. The third-order valence-corrected chi connectivity index (χ3v) is 6.09. The van der Waals surface area contributed by atoms with Crippen molar-refractivity contribution in [2.45, 2.75) is 23.8 Å². The molecule has 1 amide bonds. The molecule has 1 aliphatic rings. The molecule has 6 heteroatoms. The summed E-state index contributed by atoms with van der Waals surface area (Å²) in [6, 6.07) is 16.2. The maximum Gasteiger partial charge on any atom is 0.257 e. The van der Waals surface area contributed by atoms with Crippen molar-refractivity contribution in [3.05, 3.63) is 72.1 Å². The lowest BCUT2D eigenvalue weighted by molar-refractivity contribution is -0.118. The van der Waals surface area contributed by atoms with Gasteiger partial charge in [-0.2, -0.15) is 0 Å². The Hall–Kier alpha value is -3.12. The van der Waals surface area contributed by atoms with Gasteiger partial charge in [-0.25, -0.2) is 4.98 Å². The van der Waals surface area contributed by atoms with Gasteiger partial charge in [0, 0.05) is 42.9 Å². The lowest BCUT2D eigenvalue weighted by Crippen LogP contribution is -2.30. The van der Waals surface area contributed by atoms with Crippen LogP contribution in [0.4, 0.5) is 5.69 Å². The summed E-state index contributed by atoms with van der Waals surface area (Å²) in [5, 5.41) is 0.665. The van der Waals surface area contributed by atoms with Crippen LogP contribution in [0.25, 0.3) is 22.2 Å². The van der Waals surface area contributed by atoms with E-state index in [4.69, 9.17) is 4.42 Å². The van der Waals surface area contributed by atoms with Gasteiger partial charge in [0.15, 0.2) is 5.58 Å². The molecule has 0 saturated heterocycles. The van der Waals surface area contributed by atoms with Crippen LogP contribution in [0.15, 0.2) is 70.6 Å². The fourth-order valence-electron chi connectivity index (χ4n) is 3.62. The predicted molar refractivity (Wildman–Crippen MR) is 115 cm³/mol. The van der Waals surface area contributed by atoms with Crippen LogP contribution in [0, 0.1) is 0 Å². The molecule has 2 aromatic heterocycles. The molecule has 144 valence electrons. The largest absolute Gasteiger partial charge is 0.431 e. The van der Waals surface area contributed by atoms with Gasteiger partial charge in [-0.05, 0) is 53.4 Å². The van der Waals surface area contributed by atoms with Crippen LogP contribution in [-0.2, 0) is 17.0 Å². The van der Waals surface area contributed by atoms with E-state index in [2.05, 4.69) is 28.2 Å². The van der Waals surface area contributed by atoms with Crippen molar-refractivity contribution in [1.29, 1.82) is 0 Å². The van der Waals surface area contributed by atoms with E-state index < -0.39 is 0 Å². The van der Waals surface area contributed by atoms with E-state index in [9.17, 15) is 4.79 Å². The van der Waals surface area contributed by atoms with E-state index in [1.54, 1.807) is 16.7 Å². The van der Waals surface area contributed by atoms with Crippen LogP contribution in [-0.4, -0.2) is 22.9 Å². The molecule has 0 unspecified atom stereocenters. The van der Waals surface area contributed by atoms with Gasteiger partial charge >= 0.3 is 0 Å². The Bertz CT molecular complexity index is 1180. The summed E-state index contributed by atoms with van der Waals surface area (Å²) in [4.78, 5) is 22.6. The first-order valence-corrected chi connectivity index (χ1v) is 10.5. The van der Waals surface area contributed by atoms with Crippen LogP contribution in [0.2, 0.25) is 0 Å². The molecule has 0 N–H and O–H groups in total. The van der Waals surface area contributed by atoms with Crippen molar-refractivity contribution in [2.24, 2.45) is 0 Å². The van der Waals surface area contributed by atoms with E-state index in [0.717, 1.165) is 45.7 Å². The van der Waals surface area contributed by atoms with Gasteiger partial charge in [-0.3, -0.25) is 9.78 Å². The Labute approximate surface area is 172 Å². The van der Waals surface area contributed by atoms with Crippen LogP contribution in [0.3, 0.4) is 0 Å². The van der Waals surface area contributed by atoms with Crippen molar-refractivity contribution in [3.8, 4) is 11.1 Å². The average Bonchev–Trinajstić information content (AvgIpc) is 3.18. The lowest BCUT2D eigenvalue weighted by Gasteiger charge is -2.26. The zero-order valence-electron chi connectivity index (χ0n) is 16.0. The zero-order chi connectivity index (χ0) is 19.8. The molecule has 1 aliphatic heterocycles. The Kier molecular flexibility index (Phi) is 4.56. The monoisotopic (exact) mass is 401 g/mol. The van der Waals surface area contributed by atoms with Crippen LogP contribution in [0.5, 0.6) is 0 Å². The van der Waals surface area contributed by atoms with Crippen molar-refractivity contribution >= 4 is 34.5 Å². The first-order chi connectivity index (χ1) is 14.2. The third kappa shape index (κ3) is 3.51. The Morgan fingerprint density at radius 1 is 1.07 bits per heavy atom. The van der Waals surface area contributed by atoms with Crippen molar-refractivity contribution in [2.75, 3.05) is 11.9 Å². The fourth-order valence-corrected chi connectivity index (χ4v) is 4.38. The van der Waals surface area contributed by atoms with Crippen LogP contribution in [0.1, 0.15) is 17.5 Å². The Balaban J connectivity index is 1.36. The highest BCUT2D eigenvalue weighted by Gasteiger charge is 2.21. The molecule has 0 spiro atoms. The summed E-state index contributed by atoms with van der Waals surface area (Å²) in [6.07, 6.45) is 5.11. The molecule has 2 aromatic carbocycles. The van der Waals surface area contributed by atoms with Gasteiger partial charge in [-0.1, -0.05) is 30.0 Å². The number of carbonyl (C=O) groups excluding carboxylic acids is 1. The van der Waals surface area contributed by atoms with Crippen LogP contribution < -0.4 is 4.90 Å². The molecule has 0 bridgehead atoms. The predicted octanol–water partition coefficient (Wildman–Crippen LogP) is 5.09. The SMILES string of the molecule is CN1C(=O)CCc2cc(-c3cncc(CSc4nc5ccccc5o4)c3)ccc21. The molecule has 29 heavy (non-hydrogen) atoms. The maximum absolute atomic E-state index is 11.9. The van der Waals surface area contributed by atoms with Crippen LogP contribution >= 0.6 is 11.8 Å². The molecule has 0 aliphatic carbocycles. The molecule has 4 aromatic rings. The number of para-hydroxylation sites is 2. The first-order valence-electron chi connectivity index (χ1n) is 9.49. The van der Waals surface area contributed by atoms with Crippen molar-refractivity contribution in [1.82, 2.24) is 9.97 Å². The number of thioether (sulfide) groups is 1. The second-order valence-electron chi connectivity index (χ2n) is 7.11. The quantitative estimate of drug-likeness (QED) is 0.446. The summed E-state index contributed by atoms with van der Waals surface area (Å²) in [5.41, 5.74) is 7.19. The summed E-state index contributed by atoms with van der Waals surface area (Å²) in [7, 11) is 1.84. The summed E-state index contributed by atoms with van der Waals surface area (Å²) in [6.45, 7) is 0. The smallest absolute Gasteiger partial charge is 0.257 e. The number of nitrogens with zero attached hydrogens (tertiary/aromatic N) is 3. The van der Waals surface area contributed by atoms with E-state index in [1.165, 1.54) is 5.56 Å². The van der Waals surface area contributed by atoms with Gasteiger partial charge in [0.05, 0.1) is 0 Å². The van der Waals surface area contributed by atoms with E-state index in [0.29, 0.717) is 11.6 Å². The molecule has 0 fully saturated rings. The fraction of sp³-hybridized carbons (Fsp3) is 0.174. The number of aromatic nitrogens is 2. The molecule has 0 atom stereocenters. The number of benzene rings is 2. The van der Waals surface area contributed by atoms with Gasteiger partial charge < -0.3 is 9.32 Å². The standard InChI is InChI=1S/C23H19N3O2S/c1-26-20-8-6-16(11-17(20)7-9-22(26)27)18-10-15(12-24-13-18)14-29-23-25-19-4-2-3-5-21(19)28-23/h2-6,8,10-13H,7,9,14H2,1H3. The highest BCUT2D eigenvalue weighted by atomic mass is 32.2. The van der Waals surface area contributed by atoms with Crippen molar-refractivity contribution < 1.29 is 9.21 Å². The number of hydrogen-bond acceptors (Lipinski definition) is 5. The Morgan fingerprint density at radius 2 is 1.97 bits per heavy atom. The minimum atomic E-state index is 0.171. The summed E-state index contributed by atoms with van der Waals surface area (Å²) in [5.74, 6) is 0.903. The summed E-state index contributed by atoms with van der Waals surface area (Å²) >= 11 is 1.56. The number of oxazole rings is 1. The maximum atomic E-state index is 11.9. The number of anilines is 1. The van der Waals surface area contributed by atoms with E-state index in [-0.39, 0.29) is 5.91 Å². The minimum Gasteiger partial charge on any atom is -0.431 e. The normalized spacial score (nSPS) is 13.7. The number of amides is 1. The molecular weight excluding hydrogens is 382 g/mol. The number of hydrogen-bond donors (Lipinski definition) is 0. The van der Waals surface area contributed by atoms with E-state index in [1.807, 2.05) is 49.8 Å². The highest BCUT2D eigenvalue weighted by Crippen LogP contribution is 2.32. The van der Waals surface area contributed by atoms with Gasteiger partial charge in [0.2, 0.25) is 5.91 Å².